The lowest BCUT2D eigenvalue weighted by Crippen LogP contribution is -2.38. The molecule has 1 atom stereocenters. The van der Waals surface area contributed by atoms with Crippen molar-refractivity contribution < 1.29 is 13.2 Å². The Hall–Kier alpha value is -1.93. The van der Waals surface area contributed by atoms with Gasteiger partial charge in [-0.15, -0.1) is 0 Å². The fourth-order valence-electron chi connectivity index (χ4n) is 3.97. The van der Waals surface area contributed by atoms with Crippen LogP contribution in [0.5, 0.6) is 0 Å². The maximum Gasteiger partial charge on any atom is 0.274 e. The molecule has 2 aromatic rings. The normalized spacial score (nSPS) is 18.5. The van der Waals surface area contributed by atoms with Gasteiger partial charge >= 0.3 is 0 Å². The Bertz CT molecular complexity index is 932. The summed E-state index contributed by atoms with van der Waals surface area (Å²) >= 11 is 0. The lowest BCUT2D eigenvalue weighted by Gasteiger charge is -2.30. The number of piperidine rings is 1. The molecule has 0 bridgehead atoms. The number of aromatic nitrogens is 2. The van der Waals surface area contributed by atoms with Crippen LogP contribution in [-0.4, -0.2) is 65.3 Å². The molecule has 0 radical (unpaired) electrons. The molecule has 0 N–H and O–H groups in total. The first-order valence-corrected chi connectivity index (χ1v) is 11.9. The van der Waals surface area contributed by atoms with Crippen LogP contribution in [0.1, 0.15) is 61.8 Å². The smallest absolute Gasteiger partial charge is 0.274 e. The number of carbonyl (C=O) groups excluding carboxylic acids is 1. The van der Waals surface area contributed by atoms with Crippen LogP contribution in [0.25, 0.3) is 5.52 Å². The Kier molecular flexibility index (Phi) is 6.40. The van der Waals surface area contributed by atoms with E-state index in [1.165, 1.54) is 10.6 Å². The molecule has 0 unspecified atom stereocenters. The Morgan fingerprint density at radius 3 is 2.61 bits per heavy atom. The van der Waals surface area contributed by atoms with E-state index < -0.39 is 10.0 Å². The van der Waals surface area contributed by atoms with E-state index in [0.717, 1.165) is 37.0 Å². The topological polar surface area (TPSA) is 75.0 Å². The molecule has 154 valence electrons. The van der Waals surface area contributed by atoms with Crippen LogP contribution in [0.3, 0.4) is 0 Å². The molecule has 7 nitrogen and oxygen atoms in total. The van der Waals surface area contributed by atoms with Crippen LogP contribution in [0.2, 0.25) is 0 Å². The van der Waals surface area contributed by atoms with Gasteiger partial charge in [-0.05, 0) is 37.8 Å². The molecule has 3 rings (SSSR count). The minimum Gasteiger partial charge on any atom is -0.337 e. The van der Waals surface area contributed by atoms with E-state index in [4.69, 9.17) is 4.98 Å². The average Bonchev–Trinajstić information content (AvgIpc) is 3.06. The van der Waals surface area contributed by atoms with Crippen molar-refractivity contribution in [3.63, 3.8) is 0 Å². The van der Waals surface area contributed by atoms with Crippen LogP contribution in [0.15, 0.2) is 24.4 Å². The zero-order valence-electron chi connectivity index (χ0n) is 17.0. The minimum atomic E-state index is -3.24. The highest BCUT2D eigenvalue weighted by Gasteiger charge is 2.31. The molecule has 0 aromatic carbocycles. The number of sulfonamides is 1. The van der Waals surface area contributed by atoms with E-state index in [9.17, 15) is 13.2 Å². The molecule has 0 aliphatic carbocycles. The van der Waals surface area contributed by atoms with Gasteiger partial charge in [0.15, 0.2) is 5.69 Å². The Morgan fingerprint density at radius 1 is 1.25 bits per heavy atom. The van der Waals surface area contributed by atoms with E-state index in [2.05, 4.69) is 13.8 Å². The van der Waals surface area contributed by atoms with Crippen molar-refractivity contribution in [2.24, 2.45) is 0 Å². The molecule has 1 amide bonds. The Labute approximate surface area is 167 Å². The number of amides is 1. The third kappa shape index (κ3) is 4.22. The quantitative estimate of drug-likeness (QED) is 0.709. The first-order valence-electron chi connectivity index (χ1n) is 10.1. The van der Waals surface area contributed by atoms with Gasteiger partial charge in [0.25, 0.3) is 5.91 Å². The van der Waals surface area contributed by atoms with E-state index >= 15 is 0 Å². The van der Waals surface area contributed by atoms with Crippen LogP contribution in [0, 0.1) is 0 Å². The number of imidazole rings is 1. The number of hydrogen-bond acceptors (Lipinski definition) is 4. The molecule has 1 aliphatic heterocycles. The number of nitrogens with zero attached hydrogens (tertiary/aromatic N) is 4. The highest BCUT2D eigenvalue weighted by atomic mass is 32.2. The van der Waals surface area contributed by atoms with E-state index in [1.807, 2.05) is 33.7 Å². The molecule has 2 aromatic heterocycles. The van der Waals surface area contributed by atoms with Crippen molar-refractivity contribution in [2.45, 2.75) is 45.4 Å². The third-order valence-corrected chi connectivity index (χ3v) is 6.54. The predicted octanol–water partition coefficient (Wildman–Crippen LogP) is 2.74. The van der Waals surface area contributed by atoms with Crippen LogP contribution in [-0.2, 0) is 10.0 Å². The monoisotopic (exact) mass is 406 g/mol. The van der Waals surface area contributed by atoms with Gasteiger partial charge in [0.2, 0.25) is 10.0 Å². The summed E-state index contributed by atoms with van der Waals surface area (Å²) < 4.78 is 27.5. The van der Waals surface area contributed by atoms with Gasteiger partial charge < -0.3 is 9.30 Å². The molecule has 1 saturated heterocycles. The van der Waals surface area contributed by atoms with Crippen molar-refractivity contribution in [2.75, 3.05) is 32.4 Å². The molecule has 28 heavy (non-hydrogen) atoms. The van der Waals surface area contributed by atoms with Gasteiger partial charge in [-0.2, -0.15) is 0 Å². The van der Waals surface area contributed by atoms with Gasteiger partial charge in [-0.1, -0.05) is 19.9 Å². The lowest BCUT2D eigenvalue weighted by atomic mass is 9.99. The summed E-state index contributed by atoms with van der Waals surface area (Å²) in [4.78, 5) is 19.8. The van der Waals surface area contributed by atoms with Crippen molar-refractivity contribution >= 4 is 21.4 Å². The van der Waals surface area contributed by atoms with E-state index in [1.54, 1.807) is 0 Å². The van der Waals surface area contributed by atoms with Crippen LogP contribution in [0.4, 0.5) is 0 Å². The first-order chi connectivity index (χ1) is 13.4. The third-order valence-electron chi connectivity index (χ3n) is 5.27. The largest absolute Gasteiger partial charge is 0.337 e. The summed E-state index contributed by atoms with van der Waals surface area (Å²) in [5, 5.41) is 0. The second-order valence-electron chi connectivity index (χ2n) is 7.53. The molecule has 0 saturated carbocycles. The van der Waals surface area contributed by atoms with Crippen molar-refractivity contribution in [3.05, 3.63) is 35.9 Å². The van der Waals surface area contributed by atoms with Crippen molar-refractivity contribution in [1.29, 1.82) is 0 Å². The highest BCUT2D eigenvalue weighted by molar-refractivity contribution is 7.88. The lowest BCUT2D eigenvalue weighted by molar-refractivity contribution is 0.0752. The van der Waals surface area contributed by atoms with E-state index in [-0.39, 0.29) is 11.8 Å². The SMILES string of the molecule is CCCN(CCC)C(=O)c1nc([C@@H]2CCCN(S(C)(=O)=O)C2)n2ccccc12. The van der Waals surface area contributed by atoms with Gasteiger partial charge in [-0.25, -0.2) is 17.7 Å². The van der Waals surface area contributed by atoms with Crippen molar-refractivity contribution in [1.82, 2.24) is 18.6 Å². The minimum absolute atomic E-state index is 0.0225. The predicted molar refractivity (Wildman–Crippen MR) is 110 cm³/mol. The summed E-state index contributed by atoms with van der Waals surface area (Å²) in [5.41, 5.74) is 1.25. The Balaban J connectivity index is 2.00. The zero-order valence-corrected chi connectivity index (χ0v) is 17.8. The summed E-state index contributed by atoms with van der Waals surface area (Å²) in [6.07, 6.45) is 6.62. The van der Waals surface area contributed by atoms with Gasteiger partial charge in [0.05, 0.1) is 11.8 Å². The number of rotatable bonds is 7. The summed E-state index contributed by atoms with van der Waals surface area (Å²) in [5.74, 6) is 0.709. The standard InChI is InChI=1S/C20H30N4O3S/c1-4-11-22(12-5-2)20(25)18-17-10-6-7-14-24(17)19(21-18)16-9-8-13-23(15-16)28(3,26)27/h6-7,10,14,16H,4-5,8-9,11-13,15H2,1-3H3/t16-/m1/s1. The van der Waals surface area contributed by atoms with Crippen LogP contribution < -0.4 is 0 Å². The summed E-state index contributed by atoms with van der Waals surface area (Å²) in [7, 11) is -3.24. The molecule has 0 spiro atoms. The van der Waals surface area contributed by atoms with E-state index in [0.29, 0.717) is 31.9 Å². The molecule has 1 aliphatic rings. The maximum absolute atomic E-state index is 13.2. The highest BCUT2D eigenvalue weighted by Crippen LogP contribution is 2.29. The zero-order chi connectivity index (χ0) is 20.3. The fourth-order valence-corrected chi connectivity index (χ4v) is 4.88. The number of carbonyl (C=O) groups is 1. The second kappa shape index (κ2) is 8.61. The van der Waals surface area contributed by atoms with Gasteiger partial charge in [0.1, 0.15) is 5.82 Å². The molecular formula is C20H30N4O3S. The summed E-state index contributed by atoms with van der Waals surface area (Å²) in [6.45, 7) is 6.50. The number of fused-ring (bicyclic) bond motifs is 1. The molecule has 3 heterocycles. The van der Waals surface area contributed by atoms with Gasteiger partial charge in [-0.3, -0.25) is 4.79 Å². The molecular weight excluding hydrogens is 376 g/mol. The maximum atomic E-state index is 13.2. The first kappa shape index (κ1) is 20.8. The van der Waals surface area contributed by atoms with Crippen molar-refractivity contribution in [3.8, 4) is 0 Å². The second-order valence-corrected chi connectivity index (χ2v) is 9.51. The number of hydrogen-bond donors (Lipinski definition) is 0. The van der Waals surface area contributed by atoms with Crippen LogP contribution >= 0.6 is 0 Å². The van der Waals surface area contributed by atoms with Gasteiger partial charge in [0, 0.05) is 38.3 Å². The molecule has 1 fully saturated rings. The summed E-state index contributed by atoms with van der Waals surface area (Å²) in [6, 6.07) is 5.74. The average molecular weight is 407 g/mol. The number of pyridine rings is 1. The fraction of sp³-hybridized carbons (Fsp3) is 0.600. The molecule has 8 heteroatoms. The Morgan fingerprint density at radius 2 is 1.96 bits per heavy atom.